The molecule has 1 N–H and O–H groups in total. The molecule has 1 unspecified atom stereocenters. The largest absolute Gasteiger partial charge is 0.493 e. The minimum absolute atomic E-state index is 0.625. The summed E-state index contributed by atoms with van der Waals surface area (Å²) in [5.74, 6) is 1.70. The van der Waals surface area contributed by atoms with Gasteiger partial charge in [0.15, 0.2) is 0 Å². The van der Waals surface area contributed by atoms with Crippen molar-refractivity contribution < 1.29 is 4.74 Å². The molecular formula is C12H17NO. The van der Waals surface area contributed by atoms with Crippen LogP contribution >= 0.6 is 0 Å². The van der Waals surface area contributed by atoms with Crippen LogP contribution in [0.25, 0.3) is 0 Å². The van der Waals surface area contributed by atoms with Gasteiger partial charge < -0.3 is 10.1 Å². The summed E-state index contributed by atoms with van der Waals surface area (Å²) < 4.78 is 5.61. The molecule has 0 bridgehead atoms. The third kappa shape index (κ3) is 1.90. The van der Waals surface area contributed by atoms with Gasteiger partial charge in [0.1, 0.15) is 5.75 Å². The third-order valence-electron chi connectivity index (χ3n) is 2.72. The Balaban J connectivity index is 2.14. The van der Waals surface area contributed by atoms with Gasteiger partial charge in [0.25, 0.3) is 0 Å². The predicted molar refractivity (Wildman–Crippen MR) is 57.8 cm³/mol. The zero-order valence-corrected chi connectivity index (χ0v) is 8.62. The molecular weight excluding hydrogens is 174 g/mol. The molecule has 1 heterocycles. The lowest BCUT2D eigenvalue weighted by atomic mass is 9.93. The minimum Gasteiger partial charge on any atom is -0.493 e. The number of ether oxygens (including phenoxy) is 1. The van der Waals surface area contributed by atoms with E-state index in [9.17, 15) is 0 Å². The Morgan fingerprint density at radius 2 is 2.29 bits per heavy atom. The first-order chi connectivity index (χ1) is 6.92. The Labute approximate surface area is 85.3 Å². The van der Waals surface area contributed by atoms with E-state index in [4.69, 9.17) is 4.74 Å². The Bertz CT molecular complexity index is 298. The van der Waals surface area contributed by atoms with Crippen molar-refractivity contribution in [2.45, 2.75) is 19.3 Å². The van der Waals surface area contributed by atoms with Crippen molar-refractivity contribution in [1.29, 1.82) is 0 Å². The van der Waals surface area contributed by atoms with Gasteiger partial charge in [-0.3, -0.25) is 0 Å². The smallest absolute Gasteiger partial charge is 0.122 e. The summed E-state index contributed by atoms with van der Waals surface area (Å²) >= 11 is 0. The van der Waals surface area contributed by atoms with Crippen LogP contribution in [0.1, 0.15) is 24.8 Å². The molecule has 1 aliphatic rings. The van der Waals surface area contributed by atoms with Gasteiger partial charge in [0.05, 0.1) is 6.61 Å². The fourth-order valence-corrected chi connectivity index (χ4v) is 1.95. The number of hydrogen-bond acceptors (Lipinski definition) is 2. The third-order valence-corrected chi connectivity index (χ3v) is 2.72. The highest BCUT2D eigenvalue weighted by Crippen LogP contribution is 2.32. The van der Waals surface area contributed by atoms with Crippen LogP contribution in [0.5, 0.6) is 5.75 Å². The van der Waals surface area contributed by atoms with E-state index in [2.05, 4.69) is 30.4 Å². The first kappa shape index (κ1) is 9.53. The molecule has 0 spiro atoms. The second kappa shape index (κ2) is 4.47. The second-order valence-corrected chi connectivity index (χ2v) is 3.68. The number of hydrogen-bond donors (Lipinski definition) is 1. The van der Waals surface area contributed by atoms with Crippen LogP contribution in [0, 0.1) is 0 Å². The molecule has 0 fully saturated rings. The predicted octanol–water partition coefficient (Wildman–Crippen LogP) is 2.16. The fourth-order valence-electron chi connectivity index (χ4n) is 1.95. The van der Waals surface area contributed by atoms with E-state index in [1.807, 2.05) is 6.07 Å². The SMILES string of the molecule is CCNCC1CCOc2ccccc21. The van der Waals surface area contributed by atoms with Gasteiger partial charge in [-0.15, -0.1) is 0 Å². The molecule has 2 rings (SSSR count). The van der Waals surface area contributed by atoms with Crippen LogP contribution < -0.4 is 10.1 Å². The van der Waals surface area contributed by atoms with Gasteiger partial charge in [-0.05, 0) is 24.6 Å². The van der Waals surface area contributed by atoms with Crippen molar-refractivity contribution >= 4 is 0 Å². The van der Waals surface area contributed by atoms with E-state index >= 15 is 0 Å². The van der Waals surface area contributed by atoms with Crippen molar-refractivity contribution in [1.82, 2.24) is 5.32 Å². The minimum atomic E-state index is 0.625. The van der Waals surface area contributed by atoms with E-state index in [0.717, 1.165) is 31.9 Å². The van der Waals surface area contributed by atoms with Crippen molar-refractivity contribution in [3.8, 4) is 5.75 Å². The summed E-state index contributed by atoms with van der Waals surface area (Å²) in [7, 11) is 0. The molecule has 0 aromatic heterocycles. The maximum Gasteiger partial charge on any atom is 0.122 e. The van der Waals surface area contributed by atoms with Crippen LogP contribution in [-0.2, 0) is 0 Å². The van der Waals surface area contributed by atoms with Gasteiger partial charge in [0, 0.05) is 12.5 Å². The molecule has 2 heteroatoms. The average molecular weight is 191 g/mol. The highest BCUT2D eigenvalue weighted by Gasteiger charge is 2.19. The van der Waals surface area contributed by atoms with Gasteiger partial charge in [-0.2, -0.15) is 0 Å². The van der Waals surface area contributed by atoms with Crippen LogP contribution in [0.4, 0.5) is 0 Å². The van der Waals surface area contributed by atoms with Gasteiger partial charge in [-0.25, -0.2) is 0 Å². The molecule has 2 nitrogen and oxygen atoms in total. The van der Waals surface area contributed by atoms with Crippen LogP contribution in [0.3, 0.4) is 0 Å². The average Bonchev–Trinajstić information content (AvgIpc) is 2.26. The zero-order valence-electron chi connectivity index (χ0n) is 8.62. The normalized spacial score (nSPS) is 19.9. The number of benzene rings is 1. The van der Waals surface area contributed by atoms with Crippen molar-refractivity contribution in [3.63, 3.8) is 0 Å². The molecule has 0 saturated carbocycles. The lowest BCUT2D eigenvalue weighted by Gasteiger charge is -2.25. The highest BCUT2D eigenvalue weighted by molar-refractivity contribution is 5.37. The van der Waals surface area contributed by atoms with Crippen molar-refractivity contribution in [3.05, 3.63) is 29.8 Å². The van der Waals surface area contributed by atoms with Crippen LogP contribution in [0.15, 0.2) is 24.3 Å². The summed E-state index contributed by atoms with van der Waals surface area (Å²) in [6.45, 7) is 5.11. The Hall–Kier alpha value is -1.02. The van der Waals surface area contributed by atoms with Gasteiger partial charge in [0.2, 0.25) is 0 Å². The second-order valence-electron chi connectivity index (χ2n) is 3.68. The summed E-state index contributed by atoms with van der Waals surface area (Å²) in [4.78, 5) is 0. The molecule has 0 aliphatic carbocycles. The highest BCUT2D eigenvalue weighted by atomic mass is 16.5. The van der Waals surface area contributed by atoms with E-state index in [1.54, 1.807) is 0 Å². The maximum absolute atomic E-state index is 5.61. The number of fused-ring (bicyclic) bond motifs is 1. The Kier molecular flexibility index (Phi) is 3.04. The standard InChI is InChI=1S/C12H17NO/c1-2-13-9-10-7-8-14-12-6-4-3-5-11(10)12/h3-6,10,13H,2,7-9H2,1H3. The first-order valence-electron chi connectivity index (χ1n) is 5.34. The monoisotopic (exact) mass is 191 g/mol. The molecule has 14 heavy (non-hydrogen) atoms. The summed E-state index contributed by atoms with van der Waals surface area (Å²) in [6, 6.07) is 8.37. The van der Waals surface area contributed by atoms with E-state index in [1.165, 1.54) is 5.56 Å². The number of rotatable bonds is 3. The van der Waals surface area contributed by atoms with Crippen molar-refractivity contribution in [2.24, 2.45) is 0 Å². The lowest BCUT2D eigenvalue weighted by Crippen LogP contribution is -2.25. The number of para-hydroxylation sites is 1. The zero-order chi connectivity index (χ0) is 9.80. The topological polar surface area (TPSA) is 21.3 Å². The van der Waals surface area contributed by atoms with Crippen LogP contribution in [0.2, 0.25) is 0 Å². The molecule has 1 atom stereocenters. The van der Waals surface area contributed by atoms with Gasteiger partial charge in [-0.1, -0.05) is 25.1 Å². The van der Waals surface area contributed by atoms with E-state index in [-0.39, 0.29) is 0 Å². The lowest BCUT2D eigenvalue weighted by molar-refractivity contribution is 0.265. The fraction of sp³-hybridized carbons (Fsp3) is 0.500. The molecule has 1 aliphatic heterocycles. The maximum atomic E-state index is 5.61. The Morgan fingerprint density at radius 3 is 3.14 bits per heavy atom. The molecule has 76 valence electrons. The summed E-state index contributed by atoms with van der Waals surface area (Å²) in [6.07, 6.45) is 1.13. The summed E-state index contributed by atoms with van der Waals surface area (Å²) in [5.41, 5.74) is 1.36. The molecule has 0 saturated heterocycles. The van der Waals surface area contributed by atoms with Crippen LogP contribution in [-0.4, -0.2) is 19.7 Å². The number of likely N-dealkylation sites (N-methyl/N-ethyl adjacent to an activating group) is 1. The molecule has 1 aromatic carbocycles. The first-order valence-corrected chi connectivity index (χ1v) is 5.34. The summed E-state index contributed by atoms with van der Waals surface area (Å²) in [5, 5.41) is 3.40. The van der Waals surface area contributed by atoms with E-state index in [0.29, 0.717) is 5.92 Å². The number of nitrogens with one attached hydrogen (secondary N) is 1. The molecule has 0 amide bonds. The van der Waals surface area contributed by atoms with E-state index < -0.39 is 0 Å². The van der Waals surface area contributed by atoms with Crippen molar-refractivity contribution in [2.75, 3.05) is 19.7 Å². The molecule has 1 aromatic rings. The Morgan fingerprint density at radius 1 is 1.43 bits per heavy atom. The van der Waals surface area contributed by atoms with Gasteiger partial charge >= 0.3 is 0 Å². The quantitative estimate of drug-likeness (QED) is 0.790. The molecule has 0 radical (unpaired) electrons.